The van der Waals surface area contributed by atoms with Gasteiger partial charge in [-0.05, 0) is 55.7 Å². The molecule has 30 heavy (non-hydrogen) atoms. The summed E-state index contributed by atoms with van der Waals surface area (Å²) in [6.07, 6.45) is 6.43. The first-order valence-electron chi connectivity index (χ1n) is 10.5. The second kappa shape index (κ2) is 9.07. The maximum absolute atomic E-state index is 12.8. The number of nitrogens with zero attached hydrogens (tertiary/aromatic N) is 3. The summed E-state index contributed by atoms with van der Waals surface area (Å²) in [7, 11) is 0. The van der Waals surface area contributed by atoms with E-state index in [2.05, 4.69) is 0 Å². The lowest BCUT2D eigenvalue weighted by molar-refractivity contribution is 0.0706. The number of likely N-dealkylation sites (tertiary alicyclic amines) is 1. The maximum Gasteiger partial charge on any atom is 0.289 e. The first-order chi connectivity index (χ1) is 14.7. The molecule has 0 bridgehead atoms. The van der Waals surface area contributed by atoms with Gasteiger partial charge in [0.15, 0.2) is 11.5 Å². The van der Waals surface area contributed by atoms with Crippen LogP contribution in [0.15, 0.2) is 57.7 Å². The molecule has 4 heterocycles. The van der Waals surface area contributed by atoms with E-state index in [9.17, 15) is 9.59 Å². The van der Waals surface area contributed by atoms with Crippen LogP contribution < -0.4 is 0 Å². The van der Waals surface area contributed by atoms with Crippen molar-refractivity contribution in [2.75, 3.05) is 19.6 Å². The fourth-order valence-electron chi connectivity index (χ4n) is 3.84. The molecule has 1 fully saturated rings. The SMILES string of the molecule is CCCN(Cc1cccn1Cc1ccc(C(=O)N2CCCC2)o1)C(=O)c1ccco1. The minimum Gasteiger partial charge on any atom is -0.459 e. The van der Waals surface area contributed by atoms with Crippen LogP contribution in [0.4, 0.5) is 0 Å². The molecule has 4 rings (SSSR count). The molecule has 0 saturated carbocycles. The van der Waals surface area contributed by atoms with Gasteiger partial charge in [0, 0.05) is 31.5 Å². The van der Waals surface area contributed by atoms with Crippen LogP contribution >= 0.6 is 0 Å². The van der Waals surface area contributed by atoms with E-state index >= 15 is 0 Å². The third kappa shape index (κ3) is 4.35. The molecule has 0 spiro atoms. The average Bonchev–Trinajstić information content (AvgIpc) is 3.55. The van der Waals surface area contributed by atoms with Gasteiger partial charge in [-0.3, -0.25) is 9.59 Å². The predicted octanol–water partition coefficient (Wildman–Crippen LogP) is 4.01. The summed E-state index contributed by atoms with van der Waals surface area (Å²) in [6, 6.07) is 11.0. The number of hydrogen-bond donors (Lipinski definition) is 0. The molecule has 2 amide bonds. The lowest BCUT2D eigenvalue weighted by atomic mass is 10.3. The van der Waals surface area contributed by atoms with E-state index in [1.165, 1.54) is 6.26 Å². The summed E-state index contributed by atoms with van der Waals surface area (Å²) < 4.78 is 13.2. The molecule has 0 atom stereocenters. The zero-order chi connectivity index (χ0) is 20.9. The van der Waals surface area contributed by atoms with E-state index in [1.54, 1.807) is 23.1 Å². The van der Waals surface area contributed by atoms with Crippen molar-refractivity contribution in [3.05, 3.63) is 71.8 Å². The van der Waals surface area contributed by atoms with Gasteiger partial charge < -0.3 is 23.2 Å². The first-order valence-corrected chi connectivity index (χ1v) is 10.5. The van der Waals surface area contributed by atoms with Crippen LogP contribution in [0.3, 0.4) is 0 Å². The Morgan fingerprint density at radius 3 is 2.63 bits per heavy atom. The highest BCUT2D eigenvalue weighted by Gasteiger charge is 2.23. The zero-order valence-electron chi connectivity index (χ0n) is 17.3. The van der Waals surface area contributed by atoms with Crippen LogP contribution in [-0.2, 0) is 13.1 Å². The molecular weight excluding hydrogens is 382 g/mol. The van der Waals surface area contributed by atoms with Gasteiger partial charge in [-0.2, -0.15) is 0 Å². The third-order valence-corrected chi connectivity index (χ3v) is 5.38. The second-order valence-electron chi connectivity index (χ2n) is 7.60. The first kappa shape index (κ1) is 20.1. The Morgan fingerprint density at radius 1 is 1.07 bits per heavy atom. The minimum absolute atomic E-state index is 0.0374. The highest BCUT2D eigenvalue weighted by molar-refractivity contribution is 5.92. The van der Waals surface area contributed by atoms with Crippen LogP contribution in [0, 0.1) is 0 Å². The molecule has 1 aliphatic rings. The Hall–Kier alpha value is -3.22. The smallest absolute Gasteiger partial charge is 0.289 e. The van der Waals surface area contributed by atoms with Crippen molar-refractivity contribution < 1.29 is 18.4 Å². The monoisotopic (exact) mass is 409 g/mol. The fraction of sp³-hybridized carbons (Fsp3) is 0.391. The molecule has 7 nitrogen and oxygen atoms in total. The summed E-state index contributed by atoms with van der Waals surface area (Å²) in [5.74, 6) is 1.30. The van der Waals surface area contributed by atoms with Crippen LogP contribution in [0.5, 0.6) is 0 Å². The van der Waals surface area contributed by atoms with E-state index in [0.717, 1.165) is 43.8 Å². The minimum atomic E-state index is -0.119. The standard InChI is InChI=1S/C23H27N3O4/c1-2-11-26(22(27)20-8-6-15-29-20)16-18-7-5-14-25(18)17-19-9-10-21(30-19)23(28)24-12-3-4-13-24/h5-10,14-15H,2-4,11-13,16-17H2,1H3. The lowest BCUT2D eigenvalue weighted by Gasteiger charge is -2.22. The van der Waals surface area contributed by atoms with Gasteiger partial charge in [-0.25, -0.2) is 0 Å². The van der Waals surface area contributed by atoms with E-state index in [0.29, 0.717) is 31.2 Å². The predicted molar refractivity (Wildman–Crippen MR) is 111 cm³/mol. The third-order valence-electron chi connectivity index (χ3n) is 5.38. The zero-order valence-corrected chi connectivity index (χ0v) is 17.3. The fourth-order valence-corrected chi connectivity index (χ4v) is 3.84. The molecule has 1 aliphatic heterocycles. The number of hydrogen-bond acceptors (Lipinski definition) is 4. The molecule has 0 N–H and O–H groups in total. The summed E-state index contributed by atoms with van der Waals surface area (Å²) in [4.78, 5) is 28.9. The van der Waals surface area contributed by atoms with Crippen LogP contribution in [-0.4, -0.2) is 45.8 Å². The van der Waals surface area contributed by atoms with Crippen LogP contribution in [0.1, 0.15) is 58.7 Å². The van der Waals surface area contributed by atoms with Gasteiger partial charge in [0.05, 0.1) is 19.4 Å². The summed E-state index contributed by atoms with van der Waals surface area (Å²) >= 11 is 0. The number of furan rings is 2. The van der Waals surface area contributed by atoms with Gasteiger partial charge >= 0.3 is 0 Å². The van der Waals surface area contributed by atoms with E-state index < -0.39 is 0 Å². The lowest BCUT2D eigenvalue weighted by Crippen LogP contribution is -2.31. The Labute approximate surface area is 175 Å². The van der Waals surface area contributed by atoms with Crippen molar-refractivity contribution in [3.8, 4) is 0 Å². The topological polar surface area (TPSA) is 71.8 Å². The van der Waals surface area contributed by atoms with E-state index in [-0.39, 0.29) is 11.8 Å². The highest BCUT2D eigenvalue weighted by atomic mass is 16.4. The number of rotatable bonds is 8. The molecular formula is C23H27N3O4. The van der Waals surface area contributed by atoms with Crippen molar-refractivity contribution in [1.29, 1.82) is 0 Å². The molecule has 0 aromatic carbocycles. The Balaban J connectivity index is 1.45. The molecule has 0 radical (unpaired) electrons. The number of carbonyl (C=O) groups is 2. The van der Waals surface area contributed by atoms with E-state index in [1.807, 2.05) is 40.8 Å². The van der Waals surface area contributed by atoms with Gasteiger partial charge in [0.25, 0.3) is 11.8 Å². The highest BCUT2D eigenvalue weighted by Crippen LogP contribution is 2.18. The summed E-state index contributed by atoms with van der Waals surface area (Å²) in [6.45, 7) is 5.26. The largest absolute Gasteiger partial charge is 0.459 e. The van der Waals surface area contributed by atoms with Gasteiger partial charge in [0.2, 0.25) is 0 Å². The van der Waals surface area contributed by atoms with Crippen LogP contribution in [0.25, 0.3) is 0 Å². The summed E-state index contributed by atoms with van der Waals surface area (Å²) in [5, 5.41) is 0. The van der Waals surface area contributed by atoms with Gasteiger partial charge in [-0.15, -0.1) is 0 Å². The van der Waals surface area contributed by atoms with Crippen molar-refractivity contribution in [1.82, 2.24) is 14.4 Å². The molecule has 7 heteroatoms. The second-order valence-corrected chi connectivity index (χ2v) is 7.60. The Bertz CT molecular complexity index is 980. The Morgan fingerprint density at radius 2 is 1.90 bits per heavy atom. The van der Waals surface area contributed by atoms with E-state index in [4.69, 9.17) is 8.83 Å². The van der Waals surface area contributed by atoms with Crippen molar-refractivity contribution >= 4 is 11.8 Å². The maximum atomic E-state index is 12.8. The van der Waals surface area contributed by atoms with Crippen LogP contribution in [0.2, 0.25) is 0 Å². The molecule has 158 valence electrons. The average molecular weight is 409 g/mol. The van der Waals surface area contributed by atoms with Crippen molar-refractivity contribution in [2.24, 2.45) is 0 Å². The quantitative estimate of drug-likeness (QED) is 0.564. The molecule has 3 aromatic rings. The molecule has 0 aliphatic carbocycles. The number of aromatic nitrogens is 1. The van der Waals surface area contributed by atoms with Crippen molar-refractivity contribution in [2.45, 2.75) is 39.3 Å². The molecule has 3 aromatic heterocycles. The molecule has 0 unspecified atom stereocenters. The number of carbonyl (C=O) groups excluding carboxylic acids is 2. The summed E-state index contributed by atoms with van der Waals surface area (Å²) in [5.41, 5.74) is 0.993. The normalized spacial score (nSPS) is 13.7. The van der Waals surface area contributed by atoms with Crippen molar-refractivity contribution in [3.63, 3.8) is 0 Å². The Kier molecular flexibility index (Phi) is 6.07. The molecule has 1 saturated heterocycles. The van der Waals surface area contributed by atoms with Gasteiger partial charge in [0.1, 0.15) is 5.76 Å². The van der Waals surface area contributed by atoms with Gasteiger partial charge in [-0.1, -0.05) is 6.92 Å². The number of amides is 2.